The number of carbonyl (C=O) groups excluding carboxylic acids is 3. The van der Waals surface area contributed by atoms with Crippen LogP contribution in [0.1, 0.15) is 97.3 Å². The quantitative estimate of drug-likeness (QED) is 0.188. The van der Waals surface area contributed by atoms with Crippen molar-refractivity contribution >= 4 is 34.4 Å². The van der Waals surface area contributed by atoms with Crippen LogP contribution in [0.5, 0.6) is 0 Å². The summed E-state index contributed by atoms with van der Waals surface area (Å²) in [7, 11) is 1.65. The first-order valence-electron chi connectivity index (χ1n) is 18.5. The van der Waals surface area contributed by atoms with Crippen molar-refractivity contribution in [3.8, 4) is 17.9 Å². The minimum atomic E-state index is -2.87. The highest BCUT2D eigenvalue weighted by Crippen LogP contribution is 2.35. The topological polar surface area (TPSA) is 169 Å². The van der Waals surface area contributed by atoms with Crippen LogP contribution in [0.25, 0.3) is 11.0 Å². The molecule has 3 fully saturated rings. The van der Waals surface area contributed by atoms with E-state index in [2.05, 4.69) is 37.5 Å². The third-order valence-electron chi connectivity index (χ3n) is 10.8. The van der Waals surface area contributed by atoms with Crippen LogP contribution in [0, 0.1) is 29.1 Å². The molecule has 16 heteroatoms. The summed E-state index contributed by atoms with van der Waals surface area (Å²) in [5.74, 6) is 5.22. The van der Waals surface area contributed by atoms with Crippen molar-refractivity contribution in [1.29, 1.82) is 5.26 Å². The molecule has 1 unspecified atom stereocenters. The van der Waals surface area contributed by atoms with Crippen LogP contribution >= 0.6 is 0 Å². The van der Waals surface area contributed by atoms with Crippen molar-refractivity contribution in [3.05, 3.63) is 75.7 Å². The SMILES string of the molecule is Cn1c(=O)n(C2CCC(=O)NC2=O)c2cccc(C#CCOC3CCN(CC4CCC(n5cc(NC(=O)c6cccc(C#N)n6)c(C(F)F)n5)CC4)CC3)c21. The molecule has 0 spiro atoms. The molecule has 0 bridgehead atoms. The summed E-state index contributed by atoms with van der Waals surface area (Å²) in [4.78, 5) is 56.5. The summed E-state index contributed by atoms with van der Waals surface area (Å²) in [5.41, 5.74) is 0.987. The number of ether oxygens (including phenoxy) is 1. The number of aryl methyl sites for hydroxylation is 1. The molecule has 3 amide bonds. The van der Waals surface area contributed by atoms with Gasteiger partial charge in [0.25, 0.3) is 12.3 Å². The molecule has 2 N–H and O–H groups in total. The minimum absolute atomic E-state index is 0.0433. The molecule has 1 aliphatic carbocycles. The van der Waals surface area contributed by atoms with Gasteiger partial charge in [0.05, 0.1) is 34.4 Å². The van der Waals surface area contributed by atoms with Gasteiger partial charge in [0.1, 0.15) is 30.1 Å². The Hall–Kier alpha value is -5.71. The number of rotatable bonds is 9. The van der Waals surface area contributed by atoms with Gasteiger partial charge in [0.2, 0.25) is 11.8 Å². The van der Waals surface area contributed by atoms with E-state index in [0.717, 1.165) is 58.2 Å². The third kappa shape index (κ3) is 8.21. The molecule has 1 saturated carbocycles. The lowest BCUT2D eigenvalue weighted by Gasteiger charge is -2.36. The molecule has 2 aliphatic heterocycles. The molecule has 5 heterocycles. The molecule has 14 nitrogen and oxygen atoms in total. The van der Waals surface area contributed by atoms with Gasteiger partial charge in [-0.1, -0.05) is 24.0 Å². The van der Waals surface area contributed by atoms with Gasteiger partial charge in [-0.05, 0) is 75.1 Å². The van der Waals surface area contributed by atoms with Gasteiger partial charge in [-0.25, -0.2) is 18.6 Å². The second-order valence-electron chi connectivity index (χ2n) is 14.3. The zero-order chi connectivity index (χ0) is 38.6. The van der Waals surface area contributed by atoms with Gasteiger partial charge in [-0.15, -0.1) is 0 Å². The molecule has 1 atom stereocenters. The molecule has 55 heavy (non-hydrogen) atoms. The molecule has 7 rings (SSSR count). The maximum Gasteiger partial charge on any atom is 0.329 e. The molecule has 1 aromatic carbocycles. The van der Waals surface area contributed by atoms with E-state index < -0.39 is 30.0 Å². The summed E-state index contributed by atoms with van der Waals surface area (Å²) in [6, 6.07) is 10.8. The maximum atomic E-state index is 13.9. The number of carbonyl (C=O) groups is 3. The number of amides is 3. The van der Waals surface area contributed by atoms with Crippen LogP contribution in [0.3, 0.4) is 0 Å². The molecular weight excluding hydrogens is 712 g/mol. The van der Waals surface area contributed by atoms with Crippen LogP contribution in [-0.4, -0.2) is 78.9 Å². The number of hydrogen-bond acceptors (Lipinski definition) is 9. The van der Waals surface area contributed by atoms with E-state index in [9.17, 15) is 28.0 Å². The largest absolute Gasteiger partial charge is 0.365 e. The number of benzene rings is 1. The van der Waals surface area contributed by atoms with Gasteiger partial charge in [0.15, 0.2) is 5.69 Å². The fourth-order valence-electron chi connectivity index (χ4n) is 7.94. The van der Waals surface area contributed by atoms with Crippen LogP contribution < -0.4 is 16.3 Å². The van der Waals surface area contributed by atoms with E-state index in [1.807, 2.05) is 12.1 Å². The highest BCUT2D eigenvalue weighted by atomic mass is 19.3. The Morgan fingerprint density at radius 3 is 2.55 bits per heavy atom. The Balaban J connectivity index is 0.875. The summed E-state index contributed by atoms with van der Waals surface area (Å²) in [5, 5.41) is 18.1. The average molecular weight is 754 g/mol. The van der Waals surface area contributed by atoms with E-state index in [4.69, 9.17) is 10.00 Å². The first-order chi connectivity index (χ1) is 26.6. The summed E-state index contributed by atoms with van der Waals surface area (Å²) >= 11 is 0. The smallest absolute Gasteiger partial charge is 0.329 e. The molecule has 286 valence electrons. The van der Waals surface area contributed by atoms with Gasteiger partial charge >= 0.3 is 5.69 Å². The zero-order valence-electron chi connectivity index (χ0n) is 30.3. The van der Waals surface area contributed by atoms with Crippen LogP contribution in [0.15, 0.2) is 47.4 Å². The predicted molar refractivity (Wildman–Crippen MR) is 196 cm³/mol. The molecule has 3 aliphatic rings. The fourth-order valence-corrected chi connectivity index (χ4v) is 7.94. The number of imidazole rings is 1. The Morgan fingerprint density at radius 1 is 1.05 bits per heavy atom. The maximum absolute atomic E-state index is 13.9. The summed E-state index contributed by atoms with van der Waals surface area (Å²) in [6.07, 6.45) is 4.31. The number of alkyl halides is 2. The van der Waals surface area contributed by atoms with E-state index in [1.54, 1.807) is 23.9 Å². The van der Waals surface area contributed by atoms with Crippen molar-refractivity contribution in [1.82, 2.24) is 34.1 Å². The highest BCUT2D eigenvalue weighted by Gasteiger charge is 2.32. The van der Waals surface area contributed by atoms with E-state index in [-0.39, 0.29) is 60.3 Å². The molecule has 3 aromatic heterocycles. The standard InChI is InChI=1S/C39H41F2N9O5/c1-47-35-25(5-2-9-31(35)50(39(47)54)32-14-15-33(51)45-38(32)53)6-4-20-55-28-16-18-48(19-17-28)22-24-10-12-27(13-11-24)49-23-30(34(46-49)36(40)41)44-37(52)29-8-3-7-26(21-42)43-29/h2-3,5,7-9,23-24,27-28,32,36H,10-20,22H2,1H3,(H,44,52)(H,45,51,53). The van der Waals surface area contributed by atoms with Crippen LogP contribution in [0.4, 0.5) is 14.5 Å². The van der Waals surface area contributed by atoms with Gasteiger partial charge in [-0.2, -0.15) is 10.4 Å². The first-order valence-corrected chi connectivity index (χ1v) is 18.5. The van der Waals surface area contributed by atoms with Crippen molar-refractivity contribution in [3.63, 3.8) is 0 Å². The fraction of sp³-hybridized carbons (Fsp3) is 0.462. The van der Waals surface area contributed by atoms with E-state index in [0.29, 0.717) is 22.5 Å². The Bertz CT molecular complexity index is 2260. The first kappa shape index (κ1) is 37.6. The predicted octanol–water partition coefficient (Wildman–Crippen LogP) is 4.23. The molecule has 0 radical (unpaired) electrons. The zero-order valence-corrected chi connectivity index (χ0v) is 30.3. The number of para-hydroxylation sites is 1. The number of anilines is 1. The number of likely N-dealkylation sites (tertiary alicyclic amines) is 1. The highest BCUT2D eigenvalue weighted by molar-refractivity contribution is 6.03. The normalized spacial score (nSPS) is 20.9. The van der Waals surface area contributed by atoms with Crippen molar-refractivity contribution in [2.24, 2.45) is 13.0 Å². The molecule has 2 saturated heterocycles. The monoisotopic (exact) mass is 753 g/mol. The number of hydrogen-bond donors (Lipinski definition) is 2. The lowest BCUT2D eigenvalue weighted by molar-refractivity contribution is -0.135. The second kappa shape index (κ2) is 16.3. The number of nitrogens with one attached hydrogen (secondary N) is 2. The molecular formula is C39H41F2N9O5. The van der Waals surface area contributed by atoms with Gasteiger partial charge in [0, 0.05) is 39.3 Å². The lowest BCUT2D eigenvalue weighted by Crippen LogP contribution is -2.44. The number of pyridine rings is 1. The third-order valence-corrected chi connectivity index (χ3v) is 10.8. The van der Waals surface area contributed by atoms with E-state index in [1.165, 1.54) is 33.5 Å². The van der Waals surface area contributed by atoms with Crippen LogP contribution in [0.2, 0.25) is 0 Å². The minimum Gasteiger partial charge on any atom is -0.365 e. The Kier molecular flexibility index (Phi) is 11.2. The lowest BCUT2D eigenvalue weighted by atomic mass is 9.85. The van der Waals surface area contributed by atoms with Gasteiger partial charge < -0.3 is 15.0 Å². The summed E-state index contributed by atoms with van der Waals surface area (Å²) in [6.45, 7) is 3.00. The van der Waals surface area contributed by atoms with E-state index >= 15 is 0 Å². The van der Waals surface area contributed by atoms with Crippen molar-refractivity contribution in [2.45, 2.75) is 76.0 Å². The number of halogens is 2. The number of aromatic nitrogens is 5. The molecule has 4 aromatic rings. The number of nitrogens with zero attached hydrogens (tertiary/aromatic N) is 7. The Labute approximate surface area is 315 Å². The van der Waals surface area contributed by atoms with Crippen LogP contribution in [-0.2, 0) is 21.4 Å². The average Bonchev–Trinajstić information content (AvgIpc) is 3.72. The number of imide groups is 1. The van der Waals surface area contributed by atoms with Gasteiger partial charge in [-0.3, -0.25) is 33.5 Å². The number of piperidine rings is 2. The summed E-state index contributed by atoms with van der Waals surface area (Å²) < 4.78 is 38.4. The van der Waals surface area contributed by atoms with Crippen molar-refractivity contribution < 1.29 is 27.9 Å². The van der Waals surface area contributed by atoms with Crippen molar-refractivity contribution in [2.75, 3.05) is 31.6 Å². The second-order valence-corrected chi connectivity index (χ2v) is 14.3. The number of nitriles is 1. The Morgan fingerprint density at radius 2 is 1.82 bits per heavy atom. The number of fused-ring (bicyclic) bond motifs is 1.